The minimum Gasteiger partial charge on any atom is -0.503 e. The number of ether oxygens (including phenoxy) is 1. The maximum Gasteiger partial charge on any atom is 0.275 e. The van der Waals surface area contributed by atoms with E-state index in [0.717, 1.165) is 0 Å². The summed E-state index contributed by atoms with van der Waals surface area (Å²) < 4.78 is 4.60. The Bertz CT molecular complexity index is 202. The van der Waals surface area contributed by atoms with Crippen LogP contribution >= 0.6 is 0 Å². The predicted molar refractivity (Wildman–Crippen MR) is 29.1 cm³/mol. The van der Waals surface area contributed by atoms with E-state index in [1.807, 2.05) is 0 Å². The third-order valence-electron chi connectivity index (χ3n) is 0.812. The van der Waals surface area contributed by atoms with Gasteiger partial charge in [-0.25, -0.2) is 0 Å². The van der Waals surface area contributed by atoms with E-state index < -0.39 is 0 Å². The molecule has 1 aromatic rings. The Morgan fingerprint density at radius 2 is 2.56 bits per heavy atom. The Morgan fingerprint density at radius 3 is 3.00 bits per heavy atom. The average Bonchev–Trinajstić information content (AvgIpc) is 1.89. The summed E-state index contributed by atoms with van der Waals surface area (Å²) in [7, 11) is 1.41. The number of nitrogens with zero attached hydrogens (tertiary/aromatic N) is 2. The van der Waals surface area contributed by atoms with Crippen molar-refractivity contribution in [1.82, 2.24) is 10.2 Å². The zero-order chi connectivity index (χ0) is 6.69. The van der Waals surface area contributed by atoms with Crippen LogP contribution in [0.2, 0.25) is 0 Å². The van der Waals surface area contributed by atoms with Gasteiger partial charge in [0.05, 0.1) is 7.11 Å². The molecule has 0 bridgehead atoms. The van der Waals surface area contributed by atoms with E-state index in [2.05, 4.69) is 21.1 Å². The van der Waals surface area contributed by atoms with Crippen molar-refractivity contribution in [3.05, 3.63) is 12.3 Å². The van der Waals surface area contributed by atoms with Crippen LogP contribution in [0, 0.1) is 6.20 Å². The van der Waals surface area contributed by atoms with Gasteiger partial charge >= 0.3 is 0 Å². The molecule has 9 heavy (non-hydrogen) atoms. The fraction of sp³-hybridized carbons (Fsp3) is 0.200. The third kappa shape index (κ3) is 1.07. The Hall–Kier alpha value is -1.32. The first kappa shape index (κ1) is 5.81. The van der Waals surface area contributed by atoms with Crippen LogP contribution in [-0.2, 0) is 0 Å². The topological polar surface area (TPSA) is 55.2 Å². The van der Waals surface area contributed by atoms with E-state index in [9.17, 15) is 0 Å². The van der Waals surface area contributed by atoms with Crippen LogP contribution in [0.15, 0.2) is 6.07 Å². The quantitative estimate of drug-likeness (QED) is 0.573. The molecule has 0 atom stereocenters. The molecule has 0 aliphatic carbocycles. The minimum absolute atomic E-state index is 0.0486. The molecule has 47 valence electrons. The number of hydrogen-bond acceptors (Lipinski definition) is 4. The third-order valence-corrected chi connectivity index (χ3v) is 0.812. The van der Waals surface area contributed by atoms with E-state index >= 15 is 0 Å². The lowest BCUT2D eigenvalue weighted by molar-refractivity contribution is 0.353. The molecule has 4 nitrogen and oxygen atoms in total. The zero-order valence-electron chi connectivity index (χ0n) is 4.83. The Labute approximate surface area is 52.1 Å². The van der Waals surface area contributed by atoms with Gasteiger partial charge in [0.15, 0.2) is 5.75 Å². The van der Waals surface area contributed by atoms with Crippen molar-refractivity contribution in [3.63, 3.8) is 0 Å². The van der Waals surface area contributed by atoms with Crippen molar-refractivity contribution in [2.24, 2.45) is 0 Å². The summed E-state index contributed by atoms with van der Waals surface area (Å²) in [6, 6.07) is 1.28. The van der Waals surface area contributed by atoms with Crippen LogP contribution < -0.4 is 4.74 Å². The highest BCUT2D eigenvalue weighted by atomic mass is 16.5. The van der Waals surface area contributed by atoms with E-state index in [1.165, 1.54) is 13.2 Å². The van der Waals surface area contributed by atoms with Gasteiger partial charge in [-0.1, -0.05) is 0 Å². The Balaban J connectivity index is 3.01. The molecule has 0 saturated heterocycles. The molecule has 0 saturated carbocycles. The summed E-state index contributed by atoms with van der Waals surface area (Å²) in [6.45, 7) is 0. The van der Waals surface area contributed by atoms with Crippen molar-refractivity contribution < 1.29 is 9.84 Å². The molecule has 1 N–H and O–H groups in total. The van der Waals surface area contributed by atoms with Crippen LogP contribution in [-0.4, -0.2) is 22.4 Å². The minimum atomic E-state index is -0.0486. The molecule has 0 spiro atoms. The summed E-state index contributed by atoms with van der Waals surface area (Å²) in [5.74, 6) is 0.0706. The second-order valence-electron chi connectivity index (χ2n) is 1.37. The standard InChI is InChI=1S/C5H5N2O2/c1-9-5-4(8)2-3-6-7-5/h2H,1H3,(H,6,8). The van der Waals surface area contributed by atoms with Crippen molar-refractivity contribution in [3.8, 4) is 11.6 Å². The smallest absolute Gasteiger partial charge is 0.275 e. The van der Waals surface area contributed by atoms with Crippen molar-refractivity contribution in [1.29, 1.82) is 0 Å². The van der Waals surface area contributed by atoms with Gasteiger partial charge in [0.2, 0.25) is 0 Å². The lowest BCUT2D eigenvalue weighted by Gasteiger charge is -1.96. The predicted octanol–water partition coefficient (Wildman–Crippen LogP) is -0.00901. The van der Waals surface area contributed by atoms with Gasteiger partial charge in [-0.15, -0.1) is 10.2 Å². The highest BCUT2D eigenvalue weighted by Crippen LogP contribution is 2.18. The Kier molecular flexibility index (Phi) is 1.48. The molecule has 4 heteroatoms. The van der Waals surface area contributed by atoms with Crippen LogP contribution in [0.4, 0.5) is 0 Å². The number of hydrogen-bond donors (Lipinski definition) is 1. The summed E-state index contributed by atoms with van der Waals surface area (Å²) in [6.07, 6.45) is 2.34. The summed E-state index contributed by atoms with van der Waals surface area (Å²) >= 11 is 0. The van der Waals surface area contributed by atoms with E-state index in [1.54, 1.807) is 0 Å². The van der Waals surface area contributed by atoms with E-state index in [-0.39, 0.29) is 11.6 Å². The second kappa shape index (κ2) is 2.30. The molecule has 0 aromatic carbocycles. The van der Waals surface area contributed by atoms with Gasteiger partial charge in [0.25, 0.3) is 5.88 Å². The molecule has 1 aromatic heterocycles. The highest BCUT2D eigenvalue weighted by molar-refractivity contribution is 5.27. The van der Waals surface area contributed by atoms with Crippen molar-refractivity contribution >= 4 is 0 Å². The largest absolute Gasteiger partial charge is 0.503 e. The SMILES string of the molecule is COc1nn[c]cc1O. The molecule has 0 unspecified atom stereocenters. The number of rotatable bonds is 1. The monoisotopic (exact) mass is 125 g/mol. The van der Waals surface area contributed by atoms with Crippen molar-refractivity contribution in [2.45, 2.75) is 0 Å². The first-order valence-electron chi connectivity index (χ1n) is 2.31. The van der Waals surface area contributed by atoms with Gasteiger partial charge in [-0.05, 0) is 0 Å². The van der Waals surface area contributed by atoms with Gasteiger partial charge < -0.3 is 9.84 Å². The summed E-state index contributed by atoms with van der Waals surface area (Å²) in [4.78, 5) is 0. The molecule has 0 aliphatic rings. The maximum atomic E-state index is 8.85. The fourth-order valence-corrected chi connectivity index (χ4v) is 0.423. The van der Waals surface area contributed by atoms with Gasteiger partial charge in [-0.3, -0.25) is 0 Å². The number of aromatic nitrogens is 2. The molecular formula is C5H5N2O2. The normalized spacial score (nSPS) is 9.00. The summed E-state index contributed by atoms with van der Waals surface area (Å²) in [5, 5.41) is 15.6. The van der Waals surface area contributed by atoms with Crippen LogP contribution in [0.1, 0.15) is 0 Å². The fourth-order valence-electron chi connectivity index (χ4n) is 0.423. The number of aromatic hydroxyl groups is 1. The molecule has 1 heterocycles. The lowest BCUT2D eigenvalue weighted by Crippen LogP contribution is -1.88. The van der Waals surface area contributed by atoms with Gasteiger partial charge in [-0.2, -0.15) is 0 Å². The van der Waals surface area contributed by atoms with Crippen LogP contribution in [0.3, 0.4) is 0 Å². The molecule has 0 aliphatic heterocycles. The molecule has 1 rings (SSSR count). The lowest BCUT2D eigenvalue weighted by atomic mass is 10.5. The zero-order valence-corrected chi connectivity index (χ0v) is 4.83. The average molecular weight is 125 g/mol. The first-order chi connectivity index (χ1) is 4.34. The van der Waals surface area contributed by atoms with E-state index in [0.29, 0.717) is 0 Å². The van der Waals surface area contributed by atoms with Crippen LogP contribution in [0.5, 0.6) is 11.6 Å². The second-order valence-corrected chi connectivity index (χ2v) is 1.37. The summed E-state index contributed by atoms with van der Waals surface area (Å²) in [5.41, 5.74) is 0. The highest BCUT2D eigenvalue weighted by Gasteiger charge is 1.98. The first-order valence-corrected chi connectivity index (χ1v) is 2.31. The number of methoxy groups -OCH3 is 1. The van der Waals surface area contributed by atoms with Gasteiger partial charge in [0, 0.05) is 6.07 Å². The molecule has 0 fully saturated rings. The Morgan fingerprint density at radius 1 is 1.78 bits per heavy atom. The van der Waals surface area contributed by atoms with Gasteiger partial charge in [0.1, 0.15) is 6.20 Å². The molecule has 1 radical (unpaired) electrons. The maximum absolute atomic E-state index is 8.85. The van der Waals surface area contributed by atoms with E-state index in [4.69, 9.17) is 5.11 Å². The van der Waals surface area contributed by atoms with Crippen molar-refractivity contribution in [2.75, 3.05) is 7.11 Å². The molecular weight excluding hydrogens is 120 g/mol. The van der Waals surface area contributed by atoms with Crippen LogP contribution in [0.25, 0.3) is 0 Å². The molecule has 0 amide bonds.